The molecule has 15 nitrogen and oxygen atoms in total. The Balaban J connectivity index is 0.000000324. The Morgan fingerprint density at radius 3 is 1.51 bits per heavy atom. The van der Waals surface area contributed by atoms with Crippen LogP contribution in [0.5, 0.6) is 0 Å². The third-order valence-corrected chi connectivity index (χ3v) is 7.68. The number of anilines is 1. The summed E-state index contributed by atoms with van der Waals surface area (Å²) >= 11 is 0. The lowest BCUT2D eigenvalue weighted by Crippen LogP contribution is -2.29. The molecule has 0 aliphatic heterocycles. The summed E-state index contributed by atoms with van der Waals surface area (Å²) in [6, 6.07) is 13.0. The molecule has 0 aliphatic carbocycles. The summed E-state index contributed by atoms with van der Waals surface area (Å²) in [5, 5.41) is 0. The van der Waals surface area contributed by atoms with Crippen molar-refractivity contribution in [3.05, 3.63) is 120 Å². The molecule has 19 heteroatoms. The van der Waals surface area contributed by atoms with Gasteiger partial charge in [0.1, 0.15) is 51.5 Å². The maximum atomic E-state index is 14.0. The molecule has 67 heavy (non-hydrogen) atoms. The van der Waals surface area contributed by atoms with E-state index in [-0.39, 0.29) is 41.3 Å². The van der Waals surface area contributed by atoms with E-state index in [1.165, 1.54) is 42.3 Å². The molecule has 364 valence electrons. The third-order valence-electron chi connectivity index (χ3n) is 7.68. The van der Waals surface area contributed by atoms with Gasteiger partial charge in [-0.3, -0.25) is 4.98 Å². The molecule has 0 saturated heterocycles. The van der Waals surface area contributed by atoms with Crippen LogP contribution in [-0.2, 0) is 28.4 Å². The molecule has 3 heterocycles. The zero-order valence-corrected chi connectivity index (χ0v) is 39.8. The van der Waals surface area contributed by atoms with E-state index in [0.717, 1.165) is 28.8 Å². The summed E-state index contributed by atoms with van der Waals surface area (Å²) in [6.07, 6.45) is 3.39. The number of hydrogen-bond donors (Lipinski definition) is 1. The van der Waals surface area contributed by atoms with Gasteiger partial charge in [-0.05, 0) is 125 Å². The standard InChI is InChI=1S/C18H19F2NO4.C13H11F2NO2.C10H18O5.C7H10N2/c1-5-24-16(22)15-8-11(13-7-6-12(19)9-14(13)20)10-21(15)17(23)25-18(2,3)4;1-2-18-13(17)12-5-8(7-16-12)10-4-3-9(14)6-11(10)15;1-9(2,3)14-7(11)13-8(12)15-10(4,5)6;1-9(2)7-3-5-8-6-4-7/h6-10H,5H2,1-4H3;3-7,16H,2H2,1H3;1-6H3;3-6H,1-2H3. The van der Waals surface area contributed by atoms with Crippen LogP contribution in [0.1, 0.15) is 97.1 Å². The first kappa shape index (κ1) is 56.0. The summed E-state index contributed by atoms with van der Waals surface area (Å²) in [6.45, 7) is 18.8. The molecule has 2 aromatic carbocycles. The van der Waals surface area contributed by atoms with Gasteiger partial charge in [0.15, 0.2) is 0 Å². The quantitative estimate of drug-likeness (QED) is 0.0706. The Kier molecular flexibility index (Phi) is 20.8. The van der Waals surface area contributed by atoms with Crippen molar-refractivity contribution in [2.75, 3.05) is 32.2 Å². The number of aromatic amines is 1. The van der Waals surface area contributed by atoms with E-state index in [1.807, 2.05) is 31.1 Å². The van der Waals surface area contributed by atoms with E-state index in [2.05, 4.69) is 14.7 Å². The van der Waals surface area contributed by atoms with Gasteiger partial charge in [-0.1, -0.05) is 0 Å². The lowest BCUT2D eigenvalue weighted by Gasteiger charge is -2.20. The summed E-state index contributed by atoms with van der Waals surface area (Å²) in [4.78, 5) is 66.5. The van der Waals surface area contributed by atoms with Gasteiger partial charge >= 0.3 is 30.3 Å². The summed E-state index contributed by atoms with van der Waals surface area (Å²) < 4.78 is 83.2. The van der Waals surface area contributed by atoms with Crippen LogP contribution in [0.2, 0.25) is 0 Å². The molecular weight excluding hydrogens is 885 g/mol. The molecule has 0 atom stereocenters. The molecule has 0 unspecified atom stereocenters. The number of nitrogens with zero attached hydrogens (tertiary/aromatic N) is 3. The lowest BCUT2D eigenvalue weighted by molar-refractivity contribution is -0.0294. The zero-order valence-electron chi connectivity index (χ0n) is 39.8. The van der Waals surface area contributed by atoms with Gasteiger partial charge < -0.3 is 38.3 Å². The number of pyridine rings is 1. The van der Waals surface area contributed by atoms with Crippen molar-refractivity contribution in [1.82, 2.24) is 14.5 Å². The molecule has 5 aromatic rings. The van der Waals surface area contributed by atoms with Crippen LogP contribution in [0.25, 0.3) is 22.3 Å². The number of carbonyl (C=O) groups is 5. The van der Waals surface area contributed by atoms with Gasteiger partial charge in [0, 0.05) is 79.0 Å². The van der Waals surface area contributed by atoms with Crippen LogP contribution in [0.3, 0.4) is 0 Å². The first-order valence-electron chi connectivity index (χ1n) is 20.6. The maximum Gasteiger partial charge on any atom is 0.519 e. The number of benzene rings is 2. The Morgan fingerprint density at radius 1 is 0.627 bits per heavy atom. The van der Waals surface area contributed by atoms with Gasteiger partial charge in [0.25, 0.3) is 0 Å². The van der Waals surface area contributed by atoms with Gasteiger partial charge in [-0.25, -0.2) is 46.1 Å². The second-order valence-electron chi connectivity index (χ2n) is 17.1. The molecule has 1 N–H and O–H groups in total. The topological polar surface area (TPSA) is 178 Å². The normalized spacial score (nSPS) is 10.9. The van der Waals surface area contributed by atoms with Crippen molar-refractivity contribution in [1.29, 1.82) is 0 Å². The summed E-state index contributed by atoms with van der Waals surface area (Å²) in [5.41, 5.74) is 0.113. The Bertz CT molecular complexity index is 2410. The van der Waals surface area contributed by atoms with Gasteiger partial charge in [-0.15, -0.1) is 0 Å². The summed E-state index contributed by atoms with van der Waals surface area (Å²) in [7, 11) is 4.02. The monoisotopic (exact) mass is 942 g/mol. The average Bonchev–Trinajstić information content (AvgIpc) is 3.86. The zero-order chi connectivity index (χ0) is 50.9. The maximum absolute atomic E-state index is 14.0. The molecule has 0 fully saturated rings. The van der Waals surface area contributed by atoms with E-state index in [4.69, 9.17) is 23.7 Å². The number of H-pyrrole nitrogens is 1. The lowest BCUT2D eigenvalue weighted by atomic mass is 10.1. The SMILES string of the molecule is CC(C)(C)OC(=O)OC(=O)OC(C)(C)C.CCOC(=O)c1cc(-c2ccc(F)cc2F)c[nH]1.CCOC(=O)c1cc(-c2ccc(F)cc2F)cn1C(=O)OC(C)(C)C.CN(C)c1ccncc1. The Hall–Kier alpha value is -7.18. The minimum absolute atomic E-state index is 0.0502. The highest BCUT2D eigenvalue weighted by atomic mass is 19.1. The van der Waals surface area contributed by atoms with Crippen LogP contribution in [0.15, 0.2) is 85.5 Å². The van der Waals surface area contributed by atoms with Crippen LogP contribution in [-0.4, -0.2) is 89.0 Å². The van der Waals surface area contributed by atoms with Crippen LogP contribution < -0.4 is 4.90 Å². The number of ether oxygens (including phenoxy) is 6. The number of halogens is 4. The minimum Gasteiger partial charge on any atom is -0.461 e. The molecular formula is C48H58F4N4O11. The largest absolute Gasteiger partial charge is 0.519 e. The number of aromatic nitrogens is 3. The summed E-state index contributed by atoms with van der Waals surface area (Å²) in [5.74, 6) is -4.11. The highest BCUT2D eigenvalue weighted by molar-refractivity contribution is 5.94. The molecule has 3 aromatic heterocycles. The molecule has 0 radical (unpaired) electrons. The smallest absolute Gasteiger partial charge is 0.461 e. The predicted octanol–water partition coefficient (Wildman–Crippen LogP) is 11.6. The molecule has 0 spiro atoms. The van der Waals surface area contributed by atoms with Gasteiger partial charge in [0.2, 0.25) is 0 Å². The molecule has 0 aliphatic rings. The Morgan fingerprint density at radius 2 is 1.09 bits per heavy atom. The first-order chi connectivity index (χ1) is 31.0. The Labute approximate surface area is 387 Å². The van der Waals surface area contributed by atoms with E-state index in [9.17, 15) is 41.5 Å². The van der Waals surface area contributed by atoms with Gasteiger partial charge in [-0.2, -0.15) is 0 Å². The van der Waals surface area contributed by atoms with Crippen LogP contribution in [0.4, 0.5) is 37.6 Å². The van der Waals surface area contributed by atoms with Crippen LogP contribution in [0, 0.1) is 23.3 Å². The second kappa shape index (κ2) is 24.9. The number of carbonyl (C=O) groups excluding carboxylic acids is 5. The first-order valence-corrected chi connectivity index (χ1v) is 20.6. The average molecular weight is 943 g/mol. The van der Waals surface area contributed by atoms with E-state index in [0.29, 0.717) is 5.56 Å². The highest BCUT2D eigenvalue weighted by Crippen LogP contribution is 2.28. The molecule has 0 saturated carbocycles. The number of rotatable bonds is 7. The van der Waals surface area contributed by atoms with E-state index in [1.54, 1.807) is 88.6 Å². The highest BCUT2D eigenvalue weighted by Gasteiger charge is 2.26. The van der Waals surface area contributed by atoms with Crippen molar-refractivity contribution in [2.24, 2.45) is 0 Å². The minimum atomic E-state index is -1.06. The van der Waals surface area contributed by atoms with E-state index < -0.39 is 70.4 Å². The number of nitrogens with one attached hydrogen (secondary N) is 1. The second-order valence-corrected chi connectivity index (χ2v) is 17.1. The molecule has 5 rings (SSSR count). The molecule has 0 amide bonds. The van der Waals surface area contributed by atoms with E-state index >= 15 is 0 Å². The van der Waals surface area contributed by atoms with Crippen LogP contribution >= 0.6 is 0 Å². The van der Waals surface area contributed by atoms with Crippen molar-refractivity contribution in [2.45, 2.75) is 93.0 Å². The van der Waals surface area contributed by atoms with Crippen molar-refractivity contribution >= 4 is 36.0 Å². The van der Waals surface area contributed by atoms with Crippen molar-refractivity contribution in [3.8, 4) is 22.3 Å². The third kappa shape index (κ3) is 20.3. The van der Waals surface area contributed by atoms with Crippen molar-refractivity contribution < 1.29 is 70.0 Å². The number of hydrogen-bond acceptors (Lipinski definition) is 13. The number of esters is 2. The predicted molar refractivity (Wildman–Crippen MR) is 242 cm³/mol. The molecule has 0 bridgehead atoms. The van der Waals surface area contributed by atoms with Crippen molar-refractivity contribution in [3.63, 3.8) is 0 Å². The fraction of sp³-hybridized carbons (Fsp3) is 0.375. The fourth-order valence-electron chi connectivity index (χ4n) is 5.01. The van der Waals surface area contributed by atoms with Gasteiger partial charge in [0.05, 0.1) is 13.2 Å². The fourth-order valence-corrected chi connectivity index (χ4v) is 5.01.